The minimum absolute atomic E-state index is 0.225. The fourth-order valence-electron chi connectivity index (χ4n) is 1.62. The maximum Gasteiger partial charge on any atom is 0.134 e. The van der Waals surface area contributed by atoms with Gasteiger partial charge in [-0.15, -0.1) is 0 Å². The molecule has 0 amide bonds. The molecule has 0 saturated carbocycles. The quantitative estimate of drug-likeness (QED) is 0.860. The van der Waals surface area contributed by atoms with E-state index in [2.05, 4.69) is 6.07 Å². The molecule has 3 nitrogen and oxygen atoms in total. The summed E-state index contributed by atoms with van der Waals surface area (Å²) < 4.78 is 11.0. The topological polar surface area (TPSA) is 48.4 Å². The maximum absolute atomic E-state index is 5.62. The van der Waals surface area contributed by atoms with Crippen molar-refractivity contribution < 1.29 is 9.15 Å². The van der Waals surface area contributed by atoms with E-state index in [0.717, 1.165) is 22.1 Å². The number of nitrogens with two attached hydrogens (primary N) is 1. The number of hydrogen-bond donors (Lipinski definition) is 1. The van der Waals surface area contributed by atoms with Gasteiger partial charge >= 0.3 is 0 Å². The number of furan rings is 1. The van der Waals surface area contributed by atoms with E-state index in [1.807, 2.05) is 26.0 Å². The summed E-state index contributed by atoms with van der Waals surface area (Å²) in [5, 5.41) is 1.10. The van der Waals surface area contributed by atoms with Crippen LogP contribution in [0.15, 0.2) is 28.9 Å². The Hall–Kier alpha value is -1.32. The van der Waals surface area contributed by atoms with E-state index in [0.29, 0.717) is 13.2 Å². The fourth-order valence-corrected chi connectivity index (χ4v) is 1.62. The Kier molecular flexibility index (Phi) is 3.27. The van der Waals surface area contributed by atoms with Crippen molar-refractivity contribution in [2.24, 2.45) is 5.73 Å². The van der Waals surface area contributed by atoms with Crippen molar-refractivity contribution in [3.05, 3.63) is 35.6 Å². The number of fused-ring (bicyclic) bond motifs is 1. The van der Waals surface area contributed by atoms with Gasteiger partial charge in [0.1, 0.15) is 5.58 Å². The monoisotopic (exact) mass is 219 g/mol. The largest absolute Gasteiger partial charge is 0.464 e. The Morgan fingerprint density at radius 1 is 1.38 bits per heavy atom. The Morgan fingerprint density at radius 3 is 2.88 bits per heavy atom. The molecule has 86 valence electrons. The zero-order valence-corrected chi connectivity index (χ0v) is 9.69. The van der Waals surface area contributed by atoms with Crippen molar-refractivity contribution in [2.75, 3.05) is 0 Å². The number of hydrogen-bond acceptors (Lipinski definition) is 3. The Labute approximate surface area is 95.2 Å². The van der Waals surface area contributed by atoms with Gasteiger partial charge in [0, 0.05) is 17.5 Å². The highest BCUT2D eigenvalue weighted by Gasteiger charge is 2.07. The molecule has 1 aromatic heterocycles. The van der Waals surface area contributed by atoms with Crippen molar-refractivity contribution in [2.45, 2.75) is 33.1 Å². The molecule has 1 aromatic carbocycles. The summed E-state index contributed by atoms with van der Waals surface area (Å²) in [6, 6.07) is 6.01. The summed E-state index contributed by atoms with van der Waals surface area (Å²) in [6.45, 7) is 5.17. The maximum atomic E-state index is 5.62. The molecule has 0 aliphatic heterocycles. The lowest BCUT2D eigenvalue weighted by Gasteiger charge is -2.05. The van der Waals surface area contributed by atoms with Gasteiger partial charge in [-0.05, 0) is 31.5 Å². The summed E-state index contributed by atoms with van der Waals surface area (Å²) in [5.41, 5.74) is 8.70. The highest BCUT2D eigenvalue weighted by Crippen LogP contribution is 2.23. The molecule has 2 aromatic rings. The van der Waals surface area contributed by atoms with Crippen molar-refractivity contribution in [3.8, 4) is 0 Å². The highest BCUT2D eigenvalue weighted by molar-refractivity contribution is 5.81. The van der Waals surface area contributed by atoms with Gasteiger partial charge < -0.3 is 14.9 Å². The van der Waals surface area contributed by atoms with Crippen LogP contribution in [-0.2, 0) is 17.9 Å². The van der Waals surface area contributed by atoms with Crippen LogP contribution in [0.4, 0.5) is 0 Å². The zero-order chi connectivity index (χ0) is 11.5. The molecule has 3 heteroatoms. The van der Waals surface area contributed by atoms with Gasteiger partial charge in [-0.2, -0.15) is 0 Å². The first-order valence-electron chi connectivity index (χ1n) is 5.51. The first-order valence-corrected chi connectivity index (χ1v) is 5.51. The molecule has 0 saturated heterocycles. The molecule has 1 heterocycles. The average molecular weight is 219 g/mol. The van der Waals surface area contributed by atoms with Crippen LogP contribution in [0.1, 0.15) is 25.0 Å². The van der Waals surface area contributed by atoms with Crippen LogP contribution in [0.2, 0.25) is 0 Å². The SMILES string of the molecule is CC(C)OCc1coc2ccc(CN)cc12. The molecule has 2 N–H and O–H groups in total. The lowest BCUT2D eigenvalue weighted by atomic mass is 10.1. The third-order valence-corrected chi connectivity index (χ3v) is 2.53. The van der Waals surface area contributed by atoms with Crippen molar-refractivity contribution >= 4 is 11.0 Å². The van der Waals surface area contributed by atoms with E-state index in [9.17, 15) is 0 Å². The molecule has 0 unspecified atom stereocenters. The molecule has 0 atom stereocenters. The molecule has 0 aliphatic carbocycles. The predicted molar refractivity (Wildman–Crippen MR) is 64.0 cm³/mol. The second-order valence-corrected chi connectivity index (χ2v) is 4.16. The molecular weight excluding hydrogens is 202 g/mol. The van der Waals surface area contributed by atoms with E-state index in [4.69, 9.17) is 14.9 Å². The van der Waals surface area contributed by atoms with Crippen LogP contribution in [0.5, 0.6) is 0 Å². The molecule has 2 rings (SSSR count). The lowest BCUT2D eigenvalue weighted by Crippen LogP contribution is -2.01. The molecule has 0 radical (unpaired) electrons. The summed E-state index contributed by atoms with van der Waals surface area (Å²) in [4.78, 5) is 0. The van der Waals surface area contributed by atoms with Crippen molar-refractivity contribution in [1.29, 1.82) is 0 Å². The van der Waals surface area contributed by atoms with Crippen molar-refractivity contribution in [3.63, 3.8) is 0 Å². The van der Waals surface area contributed by atoms with Crippen LogP contribution < -0.4 is 5.73 Å². The standard InChI is InChI=1S/C13H17NO2/c1-9(2)15-7-11-8-16-13-4-3-10(6-14)5-12(11)13/h3-5,8-9H,6-7,14H2,1-2H3. The normalized spacial score (nSPS) is 11.5. The average Bonchev–Trinajstić information content (AvgIpc) is 2.68. The molecule has 0 fully saturated rings. The Balaban J connectivity index is 2.30. The van der Waals surface area contributed by atoms with Gasteiger partial charge in [0.2, 0.25) is 0 Å². The number of benzene rings is 1. The third-order valence-electron chi connectivity index (χ3n) is 2.53. The fraction of sp³-hybridized carbons (Fsp3) is 0.385. The minimum Gasteiger partial charge on any atom is -0.464 e. The zero-order valence-electron chi connectivity index (χ0n) is 9.69. The molecule has 0 aliphatic rings. The summed E-state index contributed by atoms with van der Waals surface area (Å²) in [7, 11) is 0. The highest BCUT2D eigenvalue weighted by atomic mass is 16.5. The molecule has 16 heavy (non-hydrogen) atoms. The van der Waals surface area contributed by atoms with Gasteiger partial charge in [-0.25, -0.2) is 0 Å². The summed E-state index contributed by atoms with van der Waals surface area (Å²) in [6.07, 6.45) is 1.98. The van der Waals surface area contributed by atoms with Crippen LogP contribution in [0.3, 0.4) is 0 Å². The lowest BCUT2D eigenvalue weighted by molar-refractivity contribution is 0.0660. The van der Waals surface area contributed by atoms with Crippen LogP contribution in [0, 0.1) is 0 Å². The Morgan fingerprint density at radius 2 is 2.19 bits per heavy atom. The third kappa shape index (κ3) is 2.26. The van der Waals surface area contributed by atoms with Crippen LogP contribution in [-0.4, -0.2) is 6.10 Å². The van der Waals surface area contributed by atoms with E-state index in [1.54, 1.807) is 6.26 Å². The Bertz CT molecular complexity index is 474. The van der Waals surface area contributed by atoms with Gasteiger partial charge in [0.25, 0.3) is 0 Å². The smallest absolute Gasteiger partial charge is 0.134 e. The van der Waals surface area contributed by atoms with Crippen molar-refractivity contribution in [1.82, 2.24) is 0 Å². The predicted octanol–water partition coefficient (Wildman–Crippen LogP) is 2.82. The van der Waals surface area contributed by atoms with Gasteiger partial charge in [0.05, 0.1) is 19.0 Å². The summed E-state index contributed by atoms with van der Waals surface area (Å²) in [5.74, 6) is 0. The first kappa shape index (κ1) is 11.2. The van der Waals surface area contributed by atoms with E-state index in [1.165, 1.54) is 0 Å². The van der Waals surface area contributed by atoms with E-state index < -0.39 is 0 Å². The second-order valence-electron chi connectivity index (χ2n) is 4.16. The molecular formula is C13H17NO2. The number of rotatable bonds is 4. The second kappa shape index (κ2) is 4.68. The minimum atomic E-state index is 0.225. The summed E-state index contributed by atoms with van der Waals surface area (Å²) >= 11 is 0. The van der Waals surface area contributed by atoms with Gasteiger partial charge in [-0.1, -0.05) is 6.07 Å². The number of ether oxygens (including phenoxy) is 1. The van der Waals surface area contributed by atoms with Gasteiger partial charge in [-0.3, -0.25) is 0 Å². The van der Waals surface area contributed by atoms with Gasteiger partial charge in [0.15, 0.2) is 0 Å². The van der Waals surface area contributed by atoms with E-state index in [-0.39, 0.29) is 6.10 Å². The van der Waals surface area contributed by atoms with E-state index >= 15 is 0 Å². The first-order chi connectivity index (χ1) is 7.70. The molecule has 0 spiro atoms. The van der Waals surface area contributed by atoms with Crippen LogP contribution >= 0.6 is 0 Å². The molecule has 0 bridgehead atoms. The van der Waals surface area contributed by atoms with Crippen LogP contribution in [0.25, 0.3) is 11.0 Å².